The fourth-order valence-corrected chi connectivity index (χ4v) is 2.37. The van der Waals surface area contributed by atoms with E-state index in [2.05, 4.69) is 0 Å². The molecule has 5 heteroatoms. The molecule has 0 saturated carbocycles. The van der Waals surface area contributed by atoms with E-state index in [0.29, 0.717) is 28.6 Å². The van der Waals surface area contributed by atoms with Crippen LogP contribution in [0.3, 0.4) is 0 Å². The van der Waals surface area contributed by atoms with Crippen molar-refractivity contribution in [3.8, 4) is 11.5 Å². The predicted octanol–water partition coefficient (Wildman–Crippen LogP) is 3.63. The second-order valence-corrected chi connectivity index (χ2v) is 5.29. The number of ether oxygens (including phenoxy) is 2. The van der Waals surface area contributed by atoms with Crippen molar-refractivity contribution in [2.24, 2.45) is 0 Å². The standard InChI is InChI=1S/C17H18ClNO3/c1-19(11-12-5-4-6-13(18)9-12)17(20)15-8-7-14(21-2)10-16(15)22-3/h4-10H,11H2,1-3H3. The largest absolute Gasteiger partial charge is 0.497 e. The van der Waals surface area contributed by atoms with E-state index in [9.17, 15) is 4.79 Å². The van der Waals surface area contributed by atoms with Crippen LogP contribution < -0.4 is 9.47 Å². The van der Waals surface area contributed by atoms with E-state index in [1.165, 1.54) is 7.11 Å². The number of carbonyl (C=O) groups excluding carboxylic acids is 1. The fourth-order valence-electron chi connectivity index (χ4n) is 2.16. The van der Waals surface area contributed by atoms with Crippen molar-refractivity contribution in [3.05, 3.63) is 58.6 Å². The Kier molecular flexibility index (Phi) is 5.28. The van der Waals surface area contributed by atoms with Crippen LogP contribution in [0.1, 0.15) is 15.9 Å². The molecule has 0 atom stereocenters. The van der Waals surface area contributed by atoms with E-state index in [1.807, 2.05) is 18.2 Å². The molecule has 0 aromatic heterocycles. The first-order valence-corrected chi connectivity index (χ1v) is 7.15. The number of carbonyl (C=O) groups is 1. The number of methoxy groups -OCH3 is 2. The Morgan fingerprint density at radius 3 is 2.55 bits per heavy atom. The maximum Gasteiger partial charge on any atom is 0.257 e. The zero-order valence-electron chi connectivity index (χ0n) is 12.8. The van der Waals surface area contributed by atoms with Crippen LogP contribution in [0, 0.1) is 0 Å². The zero-order valence-corrected chi connectivity index (χ0v) is 13.6. The van der Waals surface area contributed by atoms with E-state index in [1.54, 1.807) is 43.3 Å². The summed E-state index contributed by atoms with van der Waals surface area (Å²) < 4.78 is 10.4. The number of benzene rings is 2. The van der Waals surface area contributed by atoms with E-state index in [0.717, 1.165) is 5.56 Å². The molecular formula is C17H18ClNO3. The van der Waals surface area contributed by atoms with Crippen molar-refractivity contribution in [1.82, 2.24) is 4.90 Å². The molecule has 22 heavy (non-hydrogen) atoms. The average Bonchev–Trinajstić information content (AvgIpc) is 2.53. The molecule has 2 aromatic carbocycles. The Morgan fingerprint density at radius 1 is 1.14 bits per heavy atom. The van der Waals surface area contributed by atoms with Gasteiger partial charge in [-0.2, -0.15) is 0 Å². The smallest absolute Gasteiger partial charge is 0.257 e. The van der Waals surface area contributed by atoms with Crippen molar-refractivity contribution < 1.29 is 14.3 Å². The lowest BCUT2D eigenvalue weighted by atomic mass is 10.1. The highest BCUT2D eigenvalue weighted by Gasteiger charge is 2.17. The van der Waals surface area contributed by atoms with Crippen LogP contribution in [0.4, 0.5) is 0 Å². The lowest BCUT2D eigenvalue weighted by Crippen LogP contribution is -2.26. The van der Waals surface area contributed by atoms with E-state index >= 15 is 0 Å². The van der Waals surface area contributed by atoms with Crippen LogP contribution >= 0.6 is 11.6 Å². The third kappa shape index (κ3) is 3.71. The SMILES string of the molecule is COc1ccc(C(=O)N(C)Cc2cccc(Cl)c2)c(OC)c1. The minimum atomic E-state index is -0.125. The van der Waals surface area contributed by atoms with Gasteiger partial charge in [0.25, 0.3) is 5.91 Å². The summed E-state index contributed by atoms with van der Waals surface area (Å²) in [5.41, 5.74) is 1.46. The van der Waals surface area contributed by atoms with Gasteiger partial charge in [-0.25, -0.2) is 0 Å². The molecule has 0 bridgehead atoms. The van der Waals surface area contributed by atoms with Gasteiger partial charge in [0.05, 0.1) is 19.8 Å². The number of nitrogens with zero attached hydrogens (tertiary/aromatic N) is 1. The summed E-state index contributed by atoms with van der Waals surface area (Å²) in [6.45, 7) is 0.467. The van der Waals surface area contributed by atoms with Crippen molar-refractivity contribution in [1.29, 1.82) is 0 Å². The quantitative estimate of drug-likeness (QED) is 0.844. The highest BCUT2D eigenvalue weighted by atomic mass is 35.5. The van der Waals surface area contributed by atoms with E-state index in [4.69, 9.17) is 21.1 Å². The van der Waals surface area contributed by atoms with Gasteiger partial charge in [0, 0.05) is 24.7 Å². The Balaban J connectivity index is 2.20. The molecule has 0 N–H and O–H groups in total. The molecular weight excluding hydrogens is 302 g/mol. The molecule has 0 aliphatic rings. The molecule has 4 nitrogen and oxygen atoms in total. The van der Waals surface area contributed by atoms with Crippen molar-refractivity contribution in [2.75, 3.05) is 21.3 Å². The molecule has 0 radical (unpaired) electrons. The highest BCUT2D eigenvalue weighted by Crippen LogP contribution is 2.26. The summed E-state index contributed by atoms with van der Waals surface area (Å²) in [5.74, 6) is 1.01. The molecule has 0 aliphatic heterocycles. The maximum absolute atomic E-state index is 12.6. The summed E-state index contributed by atoms with van der Waals surface area (Å²) in [4.78, 5) is 14.2. The molecule has 1 amide bonds. The summed E-state index contributed by atoms with van der Waals surface area (Å²) in [7, 11) is 4.84. The topological polar surface area (TPSA) is 38.8 Å². The van der Waals surface area contributed by atoms with Gasteiger partial charge in [0.1, 0.15) is 11.5 Å². The molecule has 2 rings (SSSR count). The molecule has 2 aromatic rings. The number of hydrogen-bond donors (Lipinski definition) is 0. The number of hydrogen-bond acceptors (Lipinski definition) is 3. The van der Waals surface area contributed by atoms with Gasteiger partial charge < -0.3 is 14.4 Å². The van der Waals surface area contributed by atoms with Gasteiger partial charge in [-0.15, -0.1) is 0 Å². The summed E-state index contributed by atoms with van der Waals surface area (Å²) in [6, 6.07) is 12.6. The third-order valence-electron chi connectivity index (χ3n) is 3.29. The molecule has 0 saturated heterocycles. The second-order valence-electron chi connectivity index (χ2n) is 4.86. The van der Waals surface area contributed by atoms with E-state index < -0.39 is 0 Å². The first-order chi connectivity index (χ1) is 10.5. The Hall–Kier alpha value is -2.20. The third-order valence-corrected chi connectivity index (χ3v) is 3.53. The Morgan fingerprint density at radius 2 is 1.91 bits per heavy atom. The lowest BCUT2D eigenvalue weighted by Gasteiger charge is -2.19. The van der Waals surface area contributed by atoms with Crippen LogP contribution in [0.2, 0.25) is 5.02 Å². The van der Waals surface area contributed by atoms with Gasteiger partial charge in [-0.05, 0) is 29.8 Å². The first kappa shape index (κ1) is 16.2. The van der Waals surface area contributed by atoms with Gasteiger partial charge in [-0.1, -0.05) is 23.7 Å². The van der Waals surface area contributed by atoms with Gasteiger partial charge >= 0.3 is 0 Å². The van der Waals surface area contributed by atoms with Gasteiger partial charge in [0.15, 0.2) is 0 Å². The summed E-state index contributed by atoms with van der Waals surface area (Å²) in [6.07, 6.45) is 0. The molecule has 0 heterocycles. The second kappa shape index (κ2) is 7.18. The lowest BCUT2D eigenvalue weighted by molar-refractivity contribution is 0.0781. The Bertz CT molecular complexity index is 673. The van der Waals surface area contributed by atoms with Crippen molar-refractivity contribution in [2.45, 2.75) is 6.54 Å². The van der Waals surface area contributed by atoms with Gasteiger partial charge in [-0.3, -0.25) is 4.79 Å². The normalized spacial score (nSPS) is 10.2. The van der Waals surface area contributed by atoms with Crippen LogP contribution in [-0.2, 0) is 6.54 Å². The molecule has 0 spiro atoms. The fraction of sp³-hybridized carbons (Fsp3) is 0.235. The van der Waals surface area contributed by atoms with Crippen LogP contribution in [0.15, 0.2) is 42.5 Å². The monoisotopic (exact) mass is 319 g/mol. The summed E-state index contributed by atoms with van der Waals surface area (Å²) in [5, 5.41) is 0.653. The number of halogens is 1. The molecule has 0 fully saturated rings. The minimum absolute atomic E-state index is 0.125. The molecule has 116 valence electrons. The number of amides is 1. The van der Waals surface area contributed by atoms with Crippen molar-refractivity contribution in [3.63, 3.8) is 0 Å². The minimum Gasteiger partial charge on any atom is -0.497 e. The van der Waals surface area contributed by atoms with Crippen LogP contribution in [-0.4, -0.2) is 32.1 Å². The maximum atomic E-state index is 12.6. The summed E-state index contributed by atoms with van der Waals surface area (Å²) >= 11 is 5.97. The van der Waals surface area contributed by atoms with Crippen molar-refractivity contribution >= 4 is 17.5 Å². The van der Waals surface area contributed by atoms with Crippen LogP contribution in [0.25, 0.3) is 0 Å². The zero-order chi connectivity index (χ0) is 16.1. The number of rotatable bonds is 5. The van der Waals surface area contributed by atoms with Crippen LogP contribution in [0.5, 0.6) is 11.5 Å². The van der Waals surface area contributed by atoms with E-state index in [-0.39, 0.29) is 5.91 Å². The molecule has 0 aliphatic carbocycles. The molecule has 0 unspecified atom stereocenters. The average molecular weight is 320 g/mol. The van der Waals surface area contributed by atoms with Gasteiger partial charge in [0.2, 0.25) is 0 Å². The predicted molar refractivity (Wildman–Crippen MR) is 86.8 cm³/mol. The highest BCUT2D eigenvalue weighted by molar-refractivity contribution is 6.30. The Labute approximate surface area is 135 Å². The first-order valence-electron chi connectivity index (χ1n) is 6.77.